The minimum Gasteiger partial charge on any atom is -0.405 e. The number of aromatic nitrogens is 3. The molecule has 0 fully saturated rings. The Morgan fingerprint density at radius 1 is 1.17 bits per heavy atom. The van der Waals surface area contributed by atoms with Crippen LogP contribution in [0.15, 0.2) is 84.3 Å². The molecular formula is C25H27F3N6O2. The Morgan fingerprint density at radius 3 is 2.50 bits per heavy atom. The molecule has 0 spiro atoms. The summed E-state index contributed by atoms with van der Waals surface area (Å²) in [6, 6.07) is 3.72. The van der Waals surface area contributed by atoms with Crippen LogP contribution in [0.5, 0.6) is 0 Å². The lowest BCUT2D eigenvalue weighted by molar-refractivity contribution is -0.142. The smallest absolute Gasteiger partial charge is 0.405 e. The van der Waals surface area contributed by atoms with Gasteiger partial charge >= 0.3 is 6.18 Å². The van der Waals surface area contributed by atoms with Crippen LogP contribution in [0.4, 0.5) is 19.0 Å². The number of hydrogen-bond acceptors (Lipinski definition) is 5. The van der Waals surface area contributed by atoms with Crippen LogP contribution in [-0.4, -0.2) is 33.6 Å². The largest absolute Gasteiger partial charge is 0.433 e. The molecule has 0 atom stereocenters. The predicted octanol–water partition coefficient (Wildman–Crippen LogP) is 3.99. The van der Waals surface area contributed by atoms with Crippen LogP contribution in [0, 0.1) is 0 Å². The fourth-order valence-electron chi connectivity index (χ4n) is 3.00. The number of pyridine rings is 1. The summed E-state index contributed by atoms with van der Waals surface area (Å²) in [5.41, 5.74) is 5.78. The molecule has 2 aromatic heterocycles. The van der Waals surface area contributed by atoms with Crippen molar-refractivity contribution in [1.82, 2.24) is 20.1 Å². The maximum atomic E-state index is 13.6. The predicted molar refractivity (Wildman–Crippen MR) is 132 cm³/mol. The van der Waals surface area contributed by atoms with Crippen LogP contribution < -0.4 is 16.4 Å². The Hall–Kier alpha value is -4.41. The zero-order chi connectivity index (χ0) is 26.7. The molecule has 36 heavy (non-hydrogen) atoms. The van der Waals surface area contributed by atoms with Gasteiger partial charge in [-0.25, -0.2) is 9.67 Å². The molecule has 0 unspecified atom stereocenters. The molecule has 0 aliphatic carbocycles. The van der Waals surface area contributed by atoms with Gasteiger partial charge in [0, 0.05) is 25.1 Å². The standard InChI is InChI=1S/C25H27F3N6O2/c1-4-7-18(24(36)30-3)9-5-10-23(35)32-22-12-11-20(16-31-22)34-21(25(26,27)28)15-19(33-34)14-17(2)8-6-13-29/h4-13,15-16H,14,29H2,1-3H3,(H,30,36)(H,31,32,35)/b7-4-,10-5+,13-6-,17-8+,18-9+. The molecule has 0 aromatic carbocycles. The monoisotopic (exact) mass is 500 g/mol. The quantitative estimate of drug-likeness (QED) is 0.356. The van der Waals surface area contributed by atoms with E-state index in [0.29, 0.717) is 5.57 Å². The second-order valence-corrected chi connectivity index (χ2v) is 7.46. The maximum absolute atomic E-state index is 13.6. The minimum atomic E-state index is -4.63. The van der Waals surface area contributed by atoms with E-state index in [1.54, 1.807) is 38.2 Å². The number of rotatable bonds is 9. The summed E-state index contributed by atoms with van der Waals surface area (Å²) in [5.74, 6) is -0.714. The van der Waals surface area contributed by atoms with Gasteiger partial charge in [-0.15, -0.1) is 0 Å². The summed E-state index contributed by atoms with van der Waals surface area (Å²) in [6.07, 6.45) is 8.69. The molecule has 0 saturated heterocycles. The van der Waals surface area contributed by atoms with Crippen molar-refractivity contribution in [2.45, 2.75) is 26.4 Å². The van der Waals surface area contributed by atoms with Gasteiger partial charge in [0.2, 0.25) is 5.91 Å². The van der Waals surface area contributed by atoms with E-state index in [0.717, 1.165) is 16.3 Å². The highest BCUT2D eigenvalue weighted by Gasteiger charge is 2.36. The third-order valence-corrected chi connectivity index (χ3v) is 4.60. The number of nitrogens with one attached hydrogen (secondary N) is 2. The van der Waals surface area contributed by atoms with Crippen LogP contribution in [0.25, 0.3) is 5.69 Å². The van der Waals surface area contributed by atoms with Crippen molar-refractivity contribution < 1.29 is 22.8 Å². The topological polar surface area (TPSA) is 115 Å². The van der Waals surface area contributed by atoms with E-state index in [4.69, 9.17) is 5.73 Å². The fourth-order valence-corrected chi connectivity index (χ4v) is 3.00. The number of hydrogen-bond donors (Lipinski definition) is 3. The summed E-state index contributed by atoms with van der Waals surface area (Å²) < 4.78 is 41.6. The van der Waals surface area contributed by atoms with Gasteiger partial charge in [-0.3, -0.25) is 9.59 Å². The summed E-state index contributed by atoms with van der Waals surface area (Å²) in [4.78, 5) is 27.9. The molecule has 4 N–H and O–H groups in total. The summed E-state index contributed by atoms with van der Waals surface area (Å²) in [5, 5.41) is 9.09. The molecule has 0 bridgehead atoms. The Labute approximate surface area is 206 Å². The van der Waals surface area contributed by atoms with E-state index in [2.05, 4.69) is 20.7 Å². The number of anilines is 1. The second-order valence-electron chi connectivity index (χ2n) is 7.46. The zero-order valence-corrected chi connectivity index (χ0v) is 20.0. The van der Waals surface area contributed by atoms with Crippen LogP contribution >= 0.6 is 0 Å². The van der Waals surface area contributed by atoms with Gasteiger partial charge in [0.1, 0.15) is 11.5 Å². The molecule has 0 aliphatic rings. The molecule has 11 heteroatoms. The third kappa shape index (κ3) is 8.12. The van der Waals surface area contributed by atoms with Crippen molar-refractivity contribution >= 4 is 17.6 Å². The van der Waals surface area contributed by atoms with Gasteiger partial charge in [-0.2, -0.15) is 18.3 Å². The first-order chi connectivity index (χ1) is 17.1. The molecule has 2 aromatic rings. The lowest BCUT2D eigenvalue weighted by Crippen LogP contribution is -2.18. The van der Waals surface area contributed by atoms with Gasteiger partial charge in [0.15, 0.2) is 0 Å². The molecule has 0 saturated carbocycles. The average molecular weight is 501 g/mol. The zero-order valence-electron chi connectivity index (χ0n) is 20.0. The minimum absolute atomic E-state index is 0.0788. The van der Waals surface area contributed by atoms with Crippen LogP contribution in [0.3, 0.4) is 0 Å². The second kappa shape index (κ2) is 12.9. The first kappa shape index (κ1) is 27.8. The number of likely N-dealkylation sites (N-methyl/N-ethyl adjacent to an activating group) is 1. The van der Waals surface area contributed by atoms with E-state index in [9.17, 15) is 22.8 Å². The molecule has 190 valence electrons. The maximum Gasteiger partial charge on any atom is 0.433 e. The number of carbonyl (C=O) groups is 2. The highest BCUT2D eigenvalue weighted by atomic mass is 19.4. The van der Waals surface area contributed by atoms with Gasteiger partial charge < -0.3 is 16.4 Å². The number of nitrogens with zero attached hydrogens (tertiary/aromatic N) is 3. The third-order valence-electron chi connectivity index (χ3n) is 4.60. The van der Waals surface area contributed by atoms with Gasteiger partial charge in [0.25, 0.3) is 5.91 Å². The van der Waals surface area contributed by atoms with Crippen LogP contribution in [-0.2, 0) is 22.2 Å². The van der Waals surface area contributed by atoms with Crippen LogP contribution in [0.2, 0.25) is 0 Å². The van der Waals surface area contributed by atoms with Crippen LogP contribution in [0.1, 0.15) is 25.2 Å². The van der Waals surface area contributed by atoms with Gasteiger partial charge in [-0.1, -0.05) is 29.9 Å². The van der Waals surface area contributed by atoms with E-state index < -0.39 is 17.8 Å². The normalized spacial score (nSPS) is 13.2. The highest BCUT2D eigenvalue weighted by molar-refractivity contribution is 5.99. The molecule has 2 heterocycles. The summed E-state index contributed by atoms with van der Waals surface area (Å²) in [7, 11) is 1.49. The van der Waals surface area contributed by atoms with Gasteiger partial charge in [0.05, 0.1) is 17.6 Å². The van der Waals surface area contributed by atoms with E-state index in [1.807, 2.05) is 0 Å². The Bertz CT molecular complexity index is 1220. The lowest BCUT2D eigenvalue weighted by atomic mass is 10.1. The summed E-state index contributed by atoms with van der Waals surface area (Å²) in [6.45, 7) is 3.51. The SMILES string of the molecule is C\C=C/C(=C\C=C\C(=O)Nc1ccc(-n2nc(C/C(C)=C/C=C\N)cc2C(F)(F)F)cn1)C(=O)NC. The molecule has 0 aliphatic heterocycles. The Balaban J connectivity index is 2.20. The van der Waals surface area contributed by atoms with Crippen molar-refractivity contribution in [2.24, 2.45) is 5.73 Å². The van der Waals surface area contributed by atoms with Crippen molar-refractivity contribution in [3.05, 3.63) is 95.7 Å². The van der Waals surface area contributed by atoms with Crippen molar-refractivity contribution in [3.8, 4) is 5.69 Å². The van der Waals surface area contributed by atoms with Gasteiger partial charge in [-0.05, 0) is 50.4 Å². The van der Waals surface area contributed by atoms with E-state index in [-0.39, 0.29) is 29.5 Å². The first-order valence-electron chi connectivity index (χ1n) is 10.8. The number of carbonyl (C=O) groups excluding carboxylic acids is 2. The Morgan fingerprint density at radius 2 is 1.92 bits per heavy atom. The molecule has 2 rings (SSSR count). The summed E-state index contributed by atoms with van der Waals surface area (Å²) >= 11 is 0. The van der Waals surface area contributed by atoms with E-state index >= 15 is 0 Å². The highest BCUT2D eigenvalue weighted by Crippen LogP contribution is 2.32. The van der Waals surface area contributed by atoms with E-state index in [1.165, 1.54) is 49.8 Å². The first-order valence-corrected chi connectivity index (χ1v) is 10.8. The average Bonchev–Trinajstić information content (AvgIpc) is 3.26. The number of nitrogens with two attached hydrogens (primary N) is 1. The molecule has 0 radical (unpaired) electrons. The number of amides is 2. The number of allylic oxidation sites excluding steroid dienone is 6. The van der Waals surface area contributed by atoms with Crippen molar-refractivity contribution in [2.75, 3.05) is 12.4 Å². The Kier molecular flexibility index (Phi) is 9.96. The number of alkyl halides is 3. The van der Waals surface area contributed by atoms with Crippen molar-refractivity contribution in [3.63, 3.8) is 0 Å². The molecule has 8 nitrogen and oxygen atoms in total. The van der Waals surface area contributed by atoms with Crippen molar-refractivity contribution in [1.29, 1.82) is 0 Å². The number of halogens is 3. The lowest BCUT2D eigenvalue weighted by Gasteiger charge is -2.10. The molecular weight excluding hydrogens is 473 g/mol. The molecule has 2 amide bonds. The fraction of sp³-hybridized carbons (Fsp3) is 0.200.